The Morgan fingerprint density at radius 1 is 1.06 bits per heavy atom. The Morgan fingerprint density at radius 3 is 2.68 bits per heavy atom. The summed E-state index contributed by atoms with van der Waals surface area (Å²) in [5, 5.41) is 12.3. The molecule has 4 aromatic rings. The van der Waals surface area contributed by atoms with Crippen LogP contribution in [0, 0.1) is 0 Å². The molecular weight excluding hydrogens is 390 g/mol. The van der Waals surface area contributed by atoms with Crippen LogP contribution in [0.1, 0.15) is 44.7 Å². The lowest BCUT2D eigenvalue weighted by Crippen LogP contribution is -2.27. The molecule has 5 rings (SSSR count). The van der Waals surface area contributed by atoms with Crippen molar-refractivity contribution >= 4 is 33.7 Å². The number of aromatic amines is 1. The Kier molecular flexibility index (Phi) is 4.61. The van der Waals surface area contributed by atoms with Crippen LogP contribution >= 0.6 is 0 Å². The van der Waals surface area contributed by atoms with Gasteiger partial charge < -0.3 is 4.74 Å². The zero-order valence-electron chi connectivity index (χ0n) is 18.0. The number of H-pyrrole nitrogens is 1. The number of ether oxygens (including phenoxy) is 1. The Bertz CT molecular complexity index is 1300. The lowest BCUT2D eigenvalue weighted by Gasteiger charge is -2.22. The second kappa shape index (κ2) is 7.34. The van der Waals surface area contributed by atoms with Crippen molar-refractivity contribution in [2.24, 2.45) is 0 Å². The number of carbonyl (C=O) groups is 1. The molecular formula is C24H25N5O2. The van der Waals surface area contributed by atoms with Gasteiger partial charge in [0.25, 0.3) is 0 Å². The second-order valence-corrected chi connectivity index (χ2v) is 8.95. The number of amides is 1. The number of carbonyl (C=O) groups excluding carboxylic acids is 1. The highest BCUT2D eigenvalue weighted by Gasteiger charge is 2.22. The molecule has 3 heterocycles. The Balaban J connectivity index is 1.61. The van der Waals surface area contributed by atoms with Crippen LogP contribution in [0.15, 0.2) is 36.5 Å². The first-order valence-corrected chi connectivity index (χ1v) is 10.6. The maximum absolute atomic E-state index is 12.2. The van der Waals surface area contributed by atoms with Crippen molar-refractivity contribution in [3.8, 4) is 11.4 Å². The lowest BCUT2D eigenvalue weighted by atomic mass is 9.86. The molecule has 0 spiro atoms. The van der Waals surface area contributed by atoms with Gasteiger partial charge in [-0.1, -0.05) is 6.07 Å². The molecule has 1 aromatic carbocycles. The van der Waals surface area contributed by atoms with Gasteiger partial charge in [-0.25, -0.2) is 14.8 Å². The number of nitrogens with zero attached hydrogens (tertiary/aromatic N) is 3. The van der Waals surface area contributed by atoms with Crippen molar-refractivity contribution in [1.82, 2.24) is 20.2 Å². The molecule has 2 N–H and O–H groups in total. The largest absolute Gasteiger partial charge is 0.444 e. The quantitative estimate of drug-likeness (QED) is 0.457. The summed E-state index contributed by atoms with van der Waals surface area (Å²) in [6.07, 6.45) is 5.64. The number of hydrogen-bond donors (Lipinski definition) is 2. The van der Waals surface area contributed by atoms with Gasteiger partial charge in [0.15, 0.2) is 0 Å². The van der Waals surface area contributed by atoms with Crippen LogP contribution < -0.4 is 5.32 Å². The topological polar surface area (TPSA) is 92.8 Å². The van der Waals surface area contributed by atoms with Crippen molar-refractivity contribution in [3.05, 3.63) is 47.7 Å². The Labute approximate surface area is 180 Å². The van der Waals surface area contributed by atoms with Crippen LogP contribution in [-0.2, 0) is 17.6 Å². The number of aryl methyl sites for hydroxylation is 1. The summed E-state index contributed by atoms with van der Waals surface area (Å²) in [6.45, 7) is 5.50. The number of anilines is 1. The first-order chi connectivity index (χ1) is 14.9. The van der Waals surface area contributed by atoms with Crippen LogP contribution in [-0.4, -0.2) is 31.9 Å². The third-order valence-electron chi connectivity index (χ3n) is 5.51. The SMILES string of the molecule is CC(C)(C)OC(=O)Nc1cccc(-c2nc3ccc4[nH]ncc4c3c3c2CCCC3)n1. The van der Waals surface area contributed by atoms with Crippen LogP contribution in [0.3, 0.4) is 0 Å². The van der Waals surface area contributed by atoms with Crippen molar-refractivity contribution in [2.75, 3.05) is 5.32 Å². The maximum Gasteiger partial charge on any atom is 0.413 e. The van der Waals surface area contributed by atoms with Gasteiger partial charge >= 0.3 is 6.09 Å². The zero-order chi connectivity index (χ0) is 21.6. The molecule has 7 heteroatoms. The second-order valence-electron chi connectivity index (χ2n) is 8.95. The van der Waals surface area contributed by atoms with Gasteiger partial charge in [-0.15, -0.1) is 0 Å². The van der Waals surface area contributed by atoms with E-state index in [-0.39, 0.29) is 0 Å². The van der Waals surface area contributed by atoms with Crippen LogP contribution in [0.2, 0.25) is 0 Å². The summed E-state index contributed by atoms with van der Waals surface area (Å²) in [5.41, 5.74) is 5.62. The lowest BCUT2D eigenvalue weighted by molar-refractivity contribution is 0.0635. The summed E-state index contributed by atoms with van der Waals surface area (Å²) in [4.78, 5) is 21.9. The molecule has 0 atom stereocenters. The number of benzene rings is 1. The normalized spacial score (nSPS) is 13.9. The predicted molar refractivity (Wildman–Crippen MR) is 121 cm³/mol. The molecule has 158 valence electrons. The van der Waals surface area contributed by atoms with Crippen molar-refractivity contribution in [3.63, 3.8) is 0 Å². The molecule has 0 bridgehead atoms. The average molecular weight is 415 g/mol. The van der Waals surface area contributed by atoms with Gasteiger partial charge in [0, 0.05) is 10.8 Å². The maximum atomic E-state index is 12.2. The van der Waals surface area contributed by atoms with Crippen molar-refractivity contribution in [1.29, 1.82) is 0 Å². The summed E-state index contributed by atoms with van der Waals surface area (Å²) in [7, 11) is 0. The third-order valence-corrected chi connectivity index (χ3v) is 5.51. The first-order valence-electron chi connectivity index (χ1n) is 10.6. The van der Waals surface area contributed by atoms with Gasteiger partial charge in [-0.05, 0) is 81.8 Å². The van der Waals surface area contributed by atoms with E-state index in [1.165, 1.54) is 16.5 Å². The molecule has 31 heavy (non-hydrogen) atoms. The van der Waals surface area contributed by atoms with E-state index in [0.717, 1.165) is 53.5 Å². The van der Waals surface area contributed by atoms with E-state index in [1.54, 1.807) is 6.07 Å². The minimum Gasteiger partial charge on any atom is -0.444 e. The van der Waals surface area contributed by atoms with E-state index in [4.69, 9.17) is 9.72 Å². The summed E-state index contributed by atoms with van der Waals surface area (Å²) in [5.74, 6) is 0.448. The molecule has 1 aliphatic rings. The summed E-state index contributed by atoms with van der Waals surface area (Å²) in [6, 6.07) is 9.65. The number of nitrogens with one attached hydrogen (secondary N) is 2. The van der Waals surface area contributed by atoms with Gasteiger partial charge in [-0.2, -0.15) is 5.10 Å². The number of aromatic nitrogens is 4. The van der Waals surface area contributed by atoms with Gasteiger partial charge in [0.05, 0.1) is 28.6 Å². The van der Waals surface area contributed by atoms with Gasteiger partial charge in [0.1, 0.15) is 11.4 Å². The Hall–Kier alpha value is -3.48. The highest BCUT2D eigenvalue weighted by atomic mass is 16.6. The van der Waals surface area contributed by atoms with Gasteiger partial charge in [-0.3, -0.25) is 10.4 Å². The van der Waals surface area contributed by atoms with Gasteiger partial charge in [0.2, 0.25) is 0 Å². The molecule has 0 saturated heterocycles. The monoisotopic (exact) mass is 415 g/mol. The van der Waals surface area contributed by atoms with E-state index in [2.05, 4.69) is 20.5 Å². The summed E-state index contributed by atoms with van der Waals surface area (Å²) < 4.78 is 5.35. The number of hydrogen-bond acceptors (Lipinski definition) is 5. The smallest absolute Gasteiger partial charge is 0.413 e. The zero-order valence-corrected chi connectivity index (χ0v) is 18.0. The fraction of sp³-hybridized carbons (Fsp3) is 0.333. The van der Waals surface area contributed by atoms with E-state index in [9.17, 15) is 4.79 Å². The molecule has 0 unspecified atom stereocenters. The Morgan fingerprint density at radius 2 is 1.87 bits per heavy atom. The third kappa shape index (κ3) is 3.71. The first kappa shape index (κ1) is 19.5. The average Bonchev–Trinajstić information content (AvgIpc) is 3.20. The van der Waals surface area contributed by atoms with E-state index in [1.807, 2.05) is 51.2 Å². The predicted octanol–water partition coefficient (Wildman–Crippen LogP) is 5.40. The molecule has 0 aliphatic heterocycles. The minimum absolute atomic E-state index is 0.448. The molecule has 0 fully saturated rings. The molecule has 0 radical (unpaired) electrons. The van der Waals surface area contributed by atoms with E-state index < -0.39 is 11.7 Å². The van der Waals surface area contributed by atoms with Crippen LogP contribution in [0.25, 0.3) is 33.2 Å². The number of pyridine rings is 2. The number of fused-ring (bicyclic) bond motifs is 5. The molecule has 7 nitrogen and oxygen atoms in total. The van der Waals surface area contributed by atoms with Crippen LogP contribution in [0.4, 0.5) is 10.6 Å². The molecule has 1 amide bonds. The fourth-order valence-corrected chi connectivity index (χ4v) is 4.30. The molecule has 1 aliphatic carbocycles. The van der Waals surface area contributed by atoms with Crippen molar-refractivity contribution < 1.29 is 9.53 Å². The van der Waals surface area contributed by atoms with Crippen LogP contribution in [0.5, 0.6) is 0 Å². The summed E-state index contributed by atoms with van der Waals surface area (Å²) >= 11 is 0. The highest BCUT2D eigenvalue weighted by Crippen LogP contribution is 2.37. The standard InChI is InChI=1S/C24H25N5O2/c1-24(2,3)31-23(30)28-20-10-6-9-19(26-20)22-15-8-5-4-7-14(15)21-16-13-25-29-17(16)11-12-18(21)27-22/h6,9-13H,4-5,7-8H2,1-3H3,(H,25,29)(H,26,28,30). The van der Waals surface area contributed by atoms with E-state index >= 15 is 0 Å². The van der Waals surface area contributed by atoms with Crippen molar-refractivity contribution in [2.45, 2.75) is 52.1 Å². The minimum atomic E-state index is -0.570. The highest BCUT2D eigenvalue weighted by molar-refractivity contribution is 6.07. The molecule has 3 aromatic heterocycles. The number of rotatable bonds is 2. The molecule has 0 saturated carbocycles. The fourth-order valence-electron chi connectivity index (χ4n) is 4.30. The van der Waals surface area contributed by atoms with E-state index in [0.29, 0.717) is 5.82 Å².